The molecule has 2 atom stereocenters. The van der Waals surface area contributed by atoms with Gasteiger partial charge in [0.1, 0.15) is 0 Å². The predicted molar refractivity (Wildman–Crippen MR) is 75.9 cm³/mol. The van der Waals surface area contributed by atoms with Gasteiger partial charge in [-0.3, -0.25) is 4.79 Å². The van der Waals surface area contributed by atoms with Crippen molar-refractivity contribution in [2.24, 2.45) is 0 Å². The van der Waals surface area contributed by atoms with Crippen molar-refractivity contribution >= 4 is 5.91 Å². The number of hydrogen-bond donors (Lipinski definition) is 0. The van der Waals surface area contributed by atoms with Gasteiger partial charge in [-0.15, -0.1) is 0 Å². The highest BCUT2D eigenvalue weighted by Gasteiger charge is 2.25. The Balaban J connectivity index is 2.11. The minimum atomic E-state index is 0.0113. The first-order chi connectivity index (χ1) is 9.61. The maximum absolute atomic E-state index is 12.5. The molecule has 1 aliphatic heterocycles. The molecular formula is C15H22N2O3. The normalized spacial score (nSPS) is 20.6. The summed E-state index contributed by atoms with van der Waals surface area (Å²) in [4.78, 5) is 18.5. The minimum Gasteiger partial charge on any atom is -0.475 e. The van der Waals surface area contributed by atoms with Gasteiger partial charge in [0.05, 0.1) is 25.4 Å². The van der Waals surface area contributed by atoms with E-state index in [1.807, 2.05) is 18.7 Å². The first-order valence-electron chi connectivity index (χ1n) is 7.13. The number of nitrogens with zero attached hydrogens (tertiary/aromatic N) is 2. The zero-order valence-corrected chi connectivity index (χ0v) is 12.3. The Morgan fingerprint density at radius 2 is 2.45 bits per heavy atom. The predicted octanol–water partition coefficient (Wildman–Crippen LogP) is 2.12. The standard InChI is InChI=1S/C15H22N2O3/c1-4-12(3)20-14-9-13(5-6-16-14)15(18)17-7-8-19-10-11(17)2/h5-6,9,11-12H,4,7-8,10H2,1-3H3/t11-,12+/m1/s1. The van der Waals surface area contributed by atoms with E-state index in [9.17, 15) is 4.79 Å². The largest absolute Gasteiger partial charge is 0.475 e. The molecule has 0 N–H and O–H groups in total. The summed E-state index contributed by atoms with van der Waals surface area (Å²) in [6, 6.07) is 3.55. The fourth-order valence-electron chi connectivity index (χ4n) is 2.09. The molecule has 0 radical (unpaired) electrons. The number of morpholine rings is 1. The number of amides is 1. The Hall–Kier alpha value is -1.62. The first-order valence-corrected chi connectivity index (χ1v) is 7.13. The van der Waals surface area contributed by atoms with Crippen LogP contribution in [0.25, 0.3) is 0 Å². The van der Waals surface area contributed by atoms with E-state index in [1.54, 1.807) is 18.3 Å². The van der Waals surface area contributed by atoms with Crippen LogP contribution in [0.2, 0.25) is 0 Å². The molecule has 110 valence electrons. The van der Waals surface area contributed by atoms with Gasteiger partial charge in [0.2, 0.25) is 5.88 Å². The molecule has 0 bridgehead atoms. The fraction of sp³-hybridized carbons (Fsp3) is 0.600. The van der Waals surface area contributed by atoms with Crippen molar-refractivity contribution in [2.45, 2.75) is 39.3 Å². The summed E-state index contributed by atoms with van der Waals surface area (Å²) in [5.74, 6) is 0.517. The van der Waals surface area contributed by atoms with Gasteiger partial charge in [-0.05, 0) is 26.3 Å². The maximum Gasteiger partial charge on any atom is 0.254 e. The van der Waals surface area contributed by atoms with Crippen LogP contribution in [0.1, 0.15) is 37.6 Å². The molecule has 1 amide bonds. The van der Waals surface area contributed by atoms with E-state index < -0.39 is 0 Å². The number of carbonyl (C=O) groups is 1. The van der Waals surface area contributed by atoms with Crippen LogP contribution in [0, 0.1) is 0 Å². The molecule has 0 aromatic carbocycles. The Bertz CT molecular complexity index is 464. The highest BCUT2D eigenvalue weighted by Crippen LogP contribution is 2.16. The van der Waals surface area contributed by atoms with E-state index in [1.165, 1.54) is 0 Å². The number of carbonyl (C=O) groups excluding carboxylic acids is 1. The Labute approximate surface area is 119 Å². The third-order valence-corrected chi connectivity index (χ3v) is 3.51. The molecule has 0 aliphatic carbocycles. The lowest BCUT2D eigenvalue weighted by Crippen LogP contribution is -2.47. The van der Waals surface area contributed by atoms with Gasteiger partial charge in [0.25, 0.3) is 5.91 Å². The van der Waals surface area contributed by atoms with E-state index in [-0.39, 0.29) is 18.1 Å². The summed E-state index contributed by atoms with van der Waals surface area (Å²) in [5.41, 5.74) is 0.618. The van der Waals surface area contributed by atoms with Crippen molar-refractivity contribution in [3.05, 3.63) is 23.9 Å². The van der Waals surface area contributed by atoms with Crippen LogP contribution in [-0.2, 0) is 4.74 Å². The van der Waals surface area contributed by atoms with Crippen LogP contribution in [0.15, 0.2) is 18.3 Å². The molecule has 5 nitrogen and oxygen atoms in total. The molecule has 1 aromatic rings. The number of aromatic nitrogens is 1. The molecule has 20 heavy (non-hydrogen) atoms. The van der Waals surface area contributed by atoms with Crippen LogP contribution in [0.5, 0.6) is 5.88 Å². The summed E-state index contributed by atoms with van der Waals surface area (Å²) in [5, 5.41) is 0. The molecule has 0 spiro atoms. The third-order valence-electron chi connectivity index (χ3n) is 3.51. The van der Waals surface area contributed by atoms with Crippen molar-refractivity contribution in [2.75, 3.05) is 19.8 Å². The van der Waals surface area contributed by atoms with E-state index in [0.717, 1.165) is 6.42 Å². The van der Waals surface area contributed by atoms with Crippen LogP contribution < -0.4 is 4.74 Å². The molecule has 0 unspecified atom stereocenters. The van der Waals surface area contributed by atoms with Crippen molar-refractivity contribution < 1.29 is 14.3 Å². The number of rotatable bonds is 4. The zero-order valence-electron chi connectivity index (χ0n) is 12.3. The zero-order chi connectivity index (χ0) is 14.5. The van der Waals surface area contributed by atoms with E-state index in [2.05, 4.69) is 11.9 Å². The monoisotopic (exact) mass is 278 g/mol. The Morgan fingerprint density at radius 1 is 1.65 bits per heavy atom. The van der Waals surface area contributed by atoms with Gasteiger partial charge in [-0.25, -0.2) is 4.98 Å². The van der Waals surface area contributed by atoms with Crippen molar-refractivity contribution in [3.8, 4) is 5.88 Å². The van der Waals surface area contributed by atoms with Crippen LogP contribution >= 0.6 is 0 Å². The van der Waals surface area contributed by atoms with Gasteiger partial charge < -0.3 is 14.4 Å². The van der Waals surface area contributed by atoms with Gasteiger partial charge in [0, 0.05) is 24.4 Å². The topological polar surface area (TPSA) is 51.7 Å². The molecule has 0 saturated carbocycles. The van der Waals surface area contributed by atoms with E-state index >= 15 is 0 Å². The second-order valence-corrected chi connectivity index (χ2v) is 5.14. The molecule has 1 aromatic heterocycles. The lowest BCUT2D eigenvalue weighted by molar-refractivity contribution is 0.00356. The number of ether oxygens (including phenoxy) is 2. The molecule has 2 rings (SSSR count). The lowest BCUT2D eigenvalue weighted by atomic mass is 10.2. The lowest BCUT2D eigenvalue weighted by Gasteiger charge is -2.33. The average molecular weight is 278 g/mol. The third kappa shape index (κ3) is 3.48. The van der Waals surface area contributed by atoms with Crippen LogP contribution in [0.4, 0.5) is 0 Å². The van der Waals surface area contributed by atoms with Gasteiger partial charge in [0.15, 0.2) is 0 Å². The summed E-state index contributed by atoms with van der Waals surface area (Å²) < 4.78 is 11.0. The summed E-state index contributed by atoms with van der Waals surface area (Å²) in [7, 11) is 0. The second kappa shape index (κ2) is 6.70. The highest BCUT2D eigenvalue weighted by molar-refractivity contribution is 5.94. The molecule has 5 heteroatoms. The van der Waals surface area contributed by atoms with Crippen molar-refractivity contribution in [3.63, 3.8) is 0 Å². The molecular weight excluding hydrogens is 256 g/mol. The quantitative estimate of drug-likeness (QED) is 0.846. The van der Waals surface area contributed by atoms with Gasteiger partial charge >= 0.3 is 0 Å². The number of hydrogen-bond acceptors (Lipinski definition) is 4. The minimum absolute atomic E-state index is 0.0113. The molecule has 1 fully saturated rings. The van der Waals surface area contributed by atoms with Gasteiger partial charge in [-0.2, -0.15) is 0 Å². The summed E-state index contributed by atoms with van der Waals surface area (Å²) in [6.45, 7) is 7.85. The van der Waals surface area contributed by atoms with E-state index in [4.69, 9.17) is 9.47 Å². The summed E-state index contributed by atoms with van der Waals surface area (Å²) in [6.07, 6.45) is 2.62. The van der Waals surface area contributed by atoms with Crippen molar-refractivity contribution in [1.29, 1.82) is 0 Å². The maximum atomic E-state index is 12.5. The van der Waals surface area contributed by atoms with Crippen LogP contribution in [0.3, 0.4) is 0 Å². The SMILES string of the molecule is CC[C@H](C)Oc1cc(C(=O)N2CCOC[C@H]2C)ccn1. The highest BCUT2D eigenvalue weighted by atomic mass is 16.5. The molecule has 2 heterocycles. The van der Waals surface area contributed by atoms with E-state index in [0.29, 0.717) is 31.2 Å². The molecule has 1 saturated heterocycles. The van der Waals surface area contributed by atoms with Gasteiger partial charge in [-0.1, -0.05) is 6.92 Å². The first kappa shape index (κ1) is 14.8. The Morgan fingerprint density at radius 3 is 3.15 bits per heavy atom. The second-order valence-electron chi connectivity index (χ2n) is 5.14. The average Bonchev–Trinajstić information content (AvgIpc) is 2.47. The number of pyridine rings is 1. The smallest absolute Gasteiger partial charge is 0.254 e. The summed E-state index contributed by atoms with van der Waals surface area (Å²) >= 11 is 0. The molecule has 1 aliphatic rings. The Kier molecular flexibility index (Phi) is 4.95. The van der Waals surface area contributed by atoms with Crippen LogP contribution in [-0.4, -0.2) is 47.7 Å². The fourth-order valence-corrected chi connectivity index (χ4v) is 2.09. The van der Waals surface area contributed by atoms with Crippen molar-refractivity contribution in [1.82, 2.24) is 9.88 Å².